The fourth-order valence-corrected chi connectivity index (χ4v) is 2.05. The number of piperidine rings is 1. The second-order valence-electron chi connectivity index (χ2n) is 4.80. The molecule has 1 saturated heterocycles. The monoisotopic (exact) mass is 169 g/mol. The first-order valence-corrected chi connectivity index (χ1v) is 5.37. The first-order valence-electron chi connectivity index (χ1n) is 5.37. The topological polar surface area (TPSA) is 12.0 Å². The van der Waals surface area contributed by atoms with Crippen molar-refractivity contribution in [2.75, 3.05) is 0 Å². The molecule has 1 aliphatic rings. The van der Waals surface area contributed by atoms with Crippen LogP contribution in [-0.4, -0.2) is 12.1 Å². The first-order chi connectivity index (χ1) is 5.61. The van der Waals surface area contributed by atoms with Crippen LogP contribution in [0, 0.1) is 11.8 Å². The summed E-state index contributed by atoms with van der Waals surface area (Å²) in [5.41, 5.74) is 0. The highest BCUT2D eigenvalue weighted by Crippen LogP contribution is 2.21. The van der Waals surface area contributed by atoms with E-state index in [4.69, 9.17) is 0 Å². The summed E-state index contributed by atoms with van der Waals surface area (Å²) in [7, 11) is 0. The Labute approximate surface area is 76.9 Å². The second kappa shape index (κ2) is 4.27. The average molecular weight is 169 g/mol. The molecule has 1 heteroatoms. The Kier molecular flexibility index (Phi) is 3.57. The van der Waals surface area contributed by atoms with E-state index < -0.39 is 0 Å². The van der Waals surface area contributed by atoms with Crippen molar-refractivity contribution in [1.29, 1.82) is 0 Å². The molecule has 1 nitrogen and oxygen atoms in total. The number of rotatable bonds is 2. The Morgan fingerprint density at radius 3 is 1.67 bits per heavy atom. The fourth-order valence-electron chi connectivity index (χ4n) is 2.05. The first kappa shape index (κ1) is 10.0. The molecule has 0 bridgehead atoms. The lowest BCUT2D eigenvalue weighted by molar-refractivity contribution is 0.231. The van der Waals surface area contributed by atoms with Crippen LogP contribution >= 0.6 is 0 Å². The normalized spacial score (nSPS) is 31.5. The quantitative estimate of drug-likeness (QED) is 0.670. The highest BCUT2D eigenvalue weighted by Gasteiger charge is 2.24. The van der Waals surface area contributed by atoms with E-state index >= 15 is 0 Å². The summed E-state index contributed by atoms with van der Waals surface area (Å²) in [6, 6.07) is 1.54. The Bertz CT molecular complexity index is 115. The molecule has 2 atom stereocenters. The minimum Gasteiger partial charge on any atom is -0.311 e. The van der Waals surface area contributed by atoms with E-state index in [1.165, 1.54) is 19.3 Å². The number of hydrogen-bond acceptors (Lipinski definition) is 1. The molecule has 0 unspecified atom stereocenters. The maximum atomic E-state index is 3.75. The van der Waals surface area contributed by atoms with Crippen LogP contribution in [0.5, 0.6) is 0 Å². The minimum atomic E-state index is 0.770. The molecule has 0 aromatic rings. The van der Waals surface area contributed by atoms with Crippen molar-refractivity contribution in [2.45, 2.75) is 59.0 Å². The van der Waals surface area contributed by atoms with E-state index in [2.05, 4.69) is 33.0 Å². The third-order valence-corrected chi connectivity index (χ3v) is 3.07. The highest BCUT2D eigenvalue weighted by atomic mass is 15.0. The van der Waals surface area contributed by atoms with Crippen LogP contribution in [-0.2, 0) is 0 Å². The van der Waals surface area contributed by atoms with Crippen LogP contribution in [0.15, 0.2) is 0 Å². The van der Waals surface area contributed by atoms with E-state index in [1.807, 2.05) is 0 Å². The van der Waals surface area contributed by atoms with Crippen molar-refractivity contribution in [3.05, 3.63) is 0 Å². The summed E-state index contributed by atoms with van der Waals surface area (Å²) in [5.74, 6) is 1.60. The molecule has 1 aliphatic heterocycles. The van der Waals surface area contributed by atoms with Crippen LogP contribution in [0.4, 0.5) is 0 Å². The van der Waals surface area contributed by atoms with Crippen molar-refractivity contribution in [3.8, 4) is 0 Å². The fraction of sp³-hybridized carbons (Fsp3) is 1.00. The molecule has 0 aliphatic carbocycles. The van der Waals surface area contributed by atoms with E-state index in [-0.39, 0.29) is 0 Å². The largest absolute Gasteiger partial charge is 0.311 e. The van der Waals surface area contributed by atoms with Gasteiger partial charge in [0.1, 0.15) is 0 Å². The lowest BCUT2D eigenvalue weighted by Gasteiger charge is -2.35. The molecule has 0 aromatic heterocycles. The molecule has 12 heavy (non-hydrogen) atoms. The van der Waals surface area contributed by atoms with Crippen LogP contribution in [0.25, 0.3) is 0 Å². The van der Waals surface area contributed by atoms with Gasteiger partial charge in [0.2, 0.25) is 0 Å². The summed E-state index contributed by atoms with van der Waals surface area (Å²) in [4.78, 5) is 0. The zero-order valence-electron chi connectivity index (χ0n) is 8.93. The Balaban J connectivity index is 2.40. The van der Waals surface area contributed by atoms with Crippen molar-refractivity contribution in [3.63, 3.8) is 0 Å². The van der Waals surface area contributed by atoms with Gasteiger partial charge in [0, 0.05) is 12.1 Å². The molecule has 72 valence electrons. The third-order valence-electron chi connectivity index (χ3n) is 3.07. The summed E-state index contributed by atoms with van der Waals surface area (Å²) in [6.45, 7) is 9.28. The van der Waals surface area contributed by atoms with Crippen LogP contribution in [0.1, 0.15) is 47.0 Å². The molecule has 0 spiro atoms. The minimum absolute atomic E-state index is 0.770. The Hall–Kier alpha value is -0.0400. The molecule has 0 saturated carbocycles. The molecule has 0 amide bonds. The zero-order valence-corrected chi connectivity index (χ0v) is 8.93. The predicted octanol–water partition coefficient (Wildman–Crippen LogP) is 2.81. The van der Waals surface area contributed by atoms with Crippen LogP contribution in [0.3, 0.4) is 0 Å². The van der Waals surface area contributed by atoms with Gasteiger partial charge in [-0.25, -0.2) is 0 Å². The van der Waals surface area contributed by atoms with E-state index in [0.29, 0.717) is 0 Å². The van der Waals surface area contributed by atoms with E-state index in [9.17, 15) is 0 Å². The van der Waals surface area contributed by atoms with Crippen molar-refractivity contribution < 1.29 is 0 Å². The third kappa shape index (κ3) is 2.48. The van der Waals surface area contributed by atoms with E-state index in [1.54, 1.807) is 0 Å². The molecule has 1 heterocycles. The van der Waals surface area contributed by atoms with Gasteiger partial charge in [-0.1, -0.05) is 34.1 Å². The van der Waals surface area contributed by atoms with Crippen molar-refractivity contribution >= 4 is 0 Å². The second-order valence-corrected chi connectivity index (χ2v) is 4.80. The van der Waals surface area contributed by atoms with Gasteiger partial charge in [-0.3, -0.25) is 0 Å². The number of hydrogen-bond donors (Lipinski definition) is 1. The van der Waals surface area contributed by atoms with Gasteiger partial charge in [-0.05, 0) is 24.7 Å². The predicted molar refractivity (Wildman–Crippen MR) is 54.2 cm³/mol. The maximum Gasteiger partial charge on any atom is 0.00927 e. The van der Waals surface area contributed by atoms with Crippen LogP contribution < -0.4 is 5.32 Å². The molecule has 1 fully saturated rings. The van der Waals surface area contributed by atoms with Crippen LogP contribution in [0.2, 0.25) is 0 Å². The summed E-state index contributed by atoms with van der Waals surface area (Å²) in [5, 5.41) is 3.75. The van der Waals surface area contributed by atoms with Gasteiger partial charge in [-0.2, -0.15) is 0 Å². The molecule has 0 radical (unpaired) electrons. The van der Waals surface area contributed by atoms with Gasteiger partial charge in [0.15, 0.2) is 0 Å². The lowest BCUT2D eigenvalue weighted by atomic mass is 9.87. The van der Waals surface area contributed by atoms with Gasteiger partial charge in [0.05, 0.1) is 0 Å². The molecule has 0 aromatic carbocycles. The Morgan fingerprint density at radius 2 is 1.33 bits per heavy atom. The van der Waals surface area contributed by atoms with Gasteiger partial charge < -0.3 is 5.32 Å². The molecular formula is C11H23N. The average Bonchev–Trinajstić information content (AvgIpc) is 2.04. The smallest absolute Gasteiger partial charge is 0.00927 e. The van der Waals surface area contributed by atoms with Gasteiger partial charge in [0.25, 0.3) is 0 Å². The summed E-state index contributed by atoms with van der Waals surface area (Å²) < 4.78 is 0. The van der Waals surface area contributed by atoms with E-state index in [0.717, 1.165) is 23.9 Å². The molecule has 1 rings (SSSR count). The standard InChI is InChI=1S/C11H23N/c1-8(2)10-6-5-7-11(12-10)9(3)4/h8-12H,5-7H2,1-4H3/t10-,11-/m1/s1. The number of nitrogens with one attached hydrogen (secondary N) is 1. The summed E-state index contributed by atoms with van der Waals surface area (Å²) in [6.07, 6.45) is 4.17. The maximum absolute atomic E-state index is 3.75. The molecule has 1 N–H and O–H groups in total. The lowest BCUT2D eigenvalue weighted by Crippen LogP contribution is -2.47. The van der Waals surface area contributed by atoms with Gasteiger partial charge >= 0.3 is 0 Å². The van der Waals surface area contributed by atoms with Crippen molar-refractivity contribution in [1.82, 2.24) is 5.32 Å². The zero-order chi connectivity index (χ0) is 9.14. The van der Waals surface area contributed by atoms with Crippen molar-refractivity contribution in [2.24, 2.45) is 11.8 Å². The highest BCUT2D eigenvalue weighted by molar-refractivity contribution is 4.83. The summed E-state index contributed by atoms with van der Waals surface area (Å²) >= 11 is 0. The van der Waals surface area contributed by atoms with Gasteiger partial charge in [-0.15, -0.1) is 0 Å². The molecular weight excluding hydrogens is 146 g/mol. The SMILES string of the molecule is CC(C)[C@H]1CCC[C@H](C(C)C)N1. The Morgan fingerprint density at radius 1 is 0.917 bits per heavy atom.